The summed E-state index contributed by atoms with van der Waals surface area (Å²) < 4.78 is 5.07. The molecule has 0 aromatic heterocycles. The molecule has 1 aliphatic heterocycles. The fourth-order valence-corrected chi connectivity index (χ4v) is 3.17. The van der Waals surface area contributed by atoms with Crippen LogP contribution in [0.2, 0.25) is 5.02 Å². The standard InChI is InChI=1S/C20H20ClN3O4/c1-28-17-7-5-13(6-8-17)9-18(25)22-23-20(27)14-10-19(26)24(12-14)16-4-2-3-15(21)11-16/h2-8,11,14H,9-10,12H2,1H3,(H,22,25)(H,23,27)/t14-/m0/s1. The number of nitrogens with zero attached hydrogens (tertiary/aromatic N) is 1. The predicted octanol–water partition coefficient (Wildman–Crippen LogP) is 2.09. The van der Waals surface area contributed by atoms with Crippen molar-refractivity contribution >= 4 is 35.0 Å². The first kappa shape index (κ1) is 19.7. The molecule has 1 fully saturated rings. The molecule has 8 heteroatoms. The summed E-state index contributed by atoms with van der Waals surface area (Å²) in [5, 5.41) is 0.518. The average molecular weight is 402 g/mol. The van der Waals surface area contributed by atoms with E-state index in [4.69, 9.17) is 16.3 Å². The van der Waals surface area contributed by atoms with Gasteiger partial charge in [0, 0.05) is 23.7 Å². The van der Waals surface area contributed by atoms with Crippen LogP contribution < -0.4 is 20.5 Å². The Kier molecular flexibility index (Phi) is 6.16. The lowest BCUT2D eigenvalue weighted by atomic mass is 10.1. The molecule has 0 radical (unpaired) electrons. The molecule has 7 nitrogen and oxygen atoms in total. The van der Waals surface area contributed by atoms with Crippen molar-refractivity contribution in [1.82, 2.24) is 10.9 Å². The Morgan fingerprint density at radius 2 is 1.93 bits per heavy atom. The average Bonchev–Trinajstić information content (AvgIpc) is 3.08. The van der Waals surface area contributed by atoms with Crippen LogP contribution in [0, 0.1) is 5.92 Å². The van der Waals surface area contributed by atoms with Crippen molar-refractivity contribution in [3.63, 3.8) is 0 Å². The Hall–Kier alpha value is -3.06. The maximum absolute atomic E-state index is 12.3. The molecule has 0 aliphatic carbocycles. The Bertz CT molecular complexity index is 885. The second-order valence-electron chi connectivity index (χ2n) is 6.45. The Morgan fingerprint density at radius 3 is 2.61 bits per heavy atom. The van der Waals surface area contributed by atoms with E-state index in [2.05, 4.69) is 10.9 Å². The monoisotopic (exact) mass is 401 g/mol. The number of amides is 3. The van der Waals surface area contributed by atoms with Crippen LogP contribution >= 0.6 is 11.6 Å². The van der Waals surface area contributed by atoms with Gasteiger partial charge >= 0.3 is 0 Å². The molecule has 3 rings (SSSR count). The van der Waals surface area contributed by atoms with Crippen LogP contribution in [0.15, 0.2) is 48.5 Å². The summed E-state index contributed by atoms with van der Waals surface area (Å²) in [5.41, 5.74) is 6.23. The fraction of sp³-hybridized carbons (Fsp3) is 0.250. The molecule has 1 atom stereocenters. The van der Waals surface area contributed by atoms with Gasteiger partial charge in [-0.2, -0.15) is 0 Å². The van der Waals surface area contributed by atoms with Crippen molar-refractivity contribution in [2.75, 3.05) is 18.6 Å². The highest BCUT2D eigenvalue weighted by Crippen LogP contribution is 2.27. The number of halogens is 1. The largest absolute Gasteiger partial charge is 0.497 e. The number of carbonyl (C=O) groups is 3. The molecule has 2 aromatic rings. The molecule has 0 spiro atoms. The zero-order valence-corrected chi connectivity index (χ0v) is 16.0. The van der Waals surface area contributed by atoms with Gasteiger partial charge in [-0.05, 0) is 35.9 Å². The van der Waals surface area contributed by atoms with Crippen LogP contribution in [0.1, 0.15) is 12.0 Å². The van der Waals surface area contributed by atoms with Gasteiger partial charge in [0.2, 0.25) is 17.7 Å². The summed E-state index contributed by atoms with van der Waals surface area (Å²) in [6.07, 6.45) is 0.190. The second kappa shape index (κ2) is 8.75. The third-order valence-corrected chi connectivity index (χ3v) is 4.70. The van der Waals surface area contributed by atoms with E-state index in [9.17, 15) is 14.4 Å². The van der Waals surface area contributed by atoms with Crippen LogP contribution in [0.3, 0.4) is 0 Å². The number of hydrazine groups is 1. The zero-order chi connectivity index (χ0) is 20.1. The Balaban J connectivity index is 1.50. The minimum Gasteiger partial charge on any atom is -0.497 e. The van der Waals surface area contributed by atoms with Crippen molar-refractivity contribution in [2.24, 2.45) is 5.92 Å². The molecular formula is C20H20ClN3O4. The molecule has 0 bridgehead atoms. The predicted molar refractivity (Wildman–Crippen MR) is 105 cm³/mol. The van der Waals surface area contributed by atoms with Gasteiger partial charge in [-0.3, -0.25) is 25.2 Å². The first-order valence-corrected chi connectivity index (χ1v) is 9.11. The molecule has 1 aliphatic rings. The number of anilines is 1. The van der Waals surface area contributed by atoms with E-state index in [0.717, 1.165) is 5.56 Å². The minimum atomic E-state index is -0.548. The number of rotatable bonds is 5. The number of nitrogens with one attached hydrogen (secondary N) is 2. The lowest BCUT2D eigenvalue weighted by molar-refractivity contribution is -0.131. The summed E-state index contributed by atoms with van der Waals surface area (Å²) in [6, 6.07) is 14.0. The minimum absolute atomic E-state index is 0.0761. The molecule has 1 heterocycles. The first-order valence-electron chi connectivity index (χ1n) is 8.74. The van der Waals surface area contributed by atoms with E-state index in [-0.39, 0.29) is 31.2 Å². The molecule has 28 heavy (non-hydrogen) atoms. The highest BCUT2D eigenvalue weighted by Gasteiger charge is 2.35. The number of hydrogen-bond acceptors (Lipinski definition) is 4. The molecule has 0 saturated carbocycles. The topological polar surface area (TPSA) is 87.7 Å². The van der Waals surface area contributed by atoms with Crippen molar-refractivity contribution in [3.05, 3.63) is 59.1 Å². The maximum atomic E-state index is 12.3. The molecule has 2 aromatic carbocycles. The van der Waals surface area contributed by atoms with Gasteiger partial charge in [-0.15, -0.1) is 0 Å². The third-order valence-electron chi connectivity index (χ3n) is 4.46. The van der Waals surface area contributed by atoms with Crippen LogP contribution in [-0.2, 0) is 20.8 Å². The van der Waals surface area contributed by atoms with Crippen LogP contribution in [-0.4, -0.2) is 31.4 Å². The fourth-order valence-electron chi connectivity index (χ4n) is 2.98. The van der Waals surface area contributed by atoms with Gasteiger partial charge < -0.3 is 9.64 Å². The van der Waals surface area contributed by atoms with E-state index < -0.39 is 11.8 Å². The highest BCUT2D eigenvalue weighted by atomic mass is 35.5. The van der Waals surface area contributed by atoms with Crippen LogP contribution in [0.5, 0.6) is 5.75 Å². The van der Waals surface area contributed by atoms with Crippen LogP contribution in [0.25, 0.3) is 0 Å². The van der Waals surface area contributed by atoms with Crippen molar-refractivity contribution in [3.8, 4) is 5.75 Å². The number of carbonyl (C=O) groups excluding carboxylic acids is 3. The van der Waals surface area contributed by atoms with Gasteiger partial charge in [0.15, 0.2) is 0 Å². The SMILES string of the molecule is COc1ccc(CC(=O)NNC(=O)[C@H]2CC(=O)N(c3cccc(Cl)c3)C2)cc1. The summed E-state index contributed by atoms with van der Waals surface area (Å²) >= 11 is 5.97. The summed E-state index contributed by atoms with van der Waals surface area (Å²) in [4.78, 5) is 38.1. The van der Waals surface area contributed by atoms with Gasteiger partial charge in [-0.25, -0.2) is 0 Å². The highest BCUT2D eigenvalue weighted by molar-refractivity contribution is 6.31. The Morgan fingerprint density at radius 1 is 1.18 bits per heavy atom. The summed E-state index contributed by atoms with van der Waals surface area (Å²) in [7, 11) is 1.57. The normalized spacial score (nSPS) is 16.0. The van der Waals surface area contributed by atoms with Gasteiger partial charge in [0.25, 0.3) is 0 Å². The quantitative estimate of drug-likeness (QED) is 0.751. The van der Waals surface area contributed by atoms with Crippen LogP contribution in [0.4, 0.5) is 5.69 Å². The van der Waals surface area contributed by atoms with Gasteiger partial charge in [0.1, 0.15) is 5.75 Å². The van der Waals surface area contributed by atoms with Crippen molar-refractivity contribution < 1.29 is 19.1 Å². The molecular weight excluding hydrogens is 382 g/mol. The lowest BCUT2D eigenvalue weighted by Gasteiger charge is -2.17. The second-order valence-corrected chi connectivity index (χ2v) is 6.88. The number of methoxy groups -OCH3 is 1. The van der Waals surface area contributed by atoms with Crippen molar-refractivity contribution in [1.29, 1.82) is 0 Å². The number of ether oxygens (including phenoxy) is 1. The smallest absolute Gasteiger partial charge is 0.243 e. The Labute approximate surface area is 167 Å². The maximum Gasteiger partial charge on any atom is 0.243 e. The number of hydrogen-bond donors (Lipinski definition) is 2. The summed E-state index contributed by atoms with van der Waals surface area (Å²) in [6.45, 7) is 0.235. The van der Waals surface area contributed by atoms with Gasteiger partial charge in [0.05, 0.1) is 19.4 Å². The van der Waals surface area contributed by atoms with E-state index in [1.165, 1.54) is 4.90 Å². The first-order chi connectivity index (χ1) is 13.5. The van der Waals surface area contributed by atoms with E-state index >= 15 is 0 Å². The zero-order valence-electron chi connectivity index (χ0n) is 15.3. The lowest BCUT2D eigenvalue weighted by Crippen LogP contribution is -2.45. The molecule has 2 N–H and O–H groups in total. The van der Waals surface area contributed by atoms with Crippen molar-refractivity contribution in [2.45, 2.75) is 12.8 Å². The number of benzene rings is 2. The third kappa shape index (κ3) is 4.80. The van der Waals surface area contributed by atoms with Gasteiger partial charge in [-0.1, -0.05) is 29.8 Å². The molecule has 1 saturated heterocycles. The molecule has 0 unspecified atom stereocenters. The molecule has 3 amide bonds. The van der Waals surface area contributed by atoms with E-state index in [1.807, 2.05) is 0 Å². The molecule has 146 valence electrons. The van der Waals surface area contributed by atoms with E-state index in [1.54, 1.807) is 55.6 Å². The van der Waals surface area contributed by atoms with E-state index in [0.29, 0.717) is 16.5 Å². The summed E-state index contributed by atoms with van der Waals surface area (Å²) in [5.74, 6) is -0.761.